The molecule has 1 aliphatic rings. The lowest BCUT2D eigenvalue weighted by atomic mass is 9.84. The molecular weight excluding hydrogens is 182 g/mol. The molecular formula is C11H18ClN. The molecule has 0 saturated heterocycles. The molecule has 1 aliphatic carbocycles. The topological polar surface area (TPSA) is 12.4 Å². The molecule has 0 atom stereocenters. The molecule has 0 radical (unpaired) electrons. The molecule has 0 N–H and O–H groups in total. The van der Waals surface area contributed by atoms with E-state index in [4.69, 9.17) is 11.6 Å². The van der Waals surface area contributed by atoms with Gasteiger partial charge >= 0.3 is 0 Å². The van der Waals surface area contributed by atoms with Gasteiger partial charge < -0.3 is 0 Å². The summed E-state index contributed by atoms with van der Waals surface area (Å²) in [6.45, 7) is 2.17. The Bertz CT molecular complexity index is 212. The molecule has 0 aromatic heterocycles. The third kappa shape index (κ3) is 3.51. The fourth-order valence-corrected chi connectivity index (χ4v) is 2.10. The third-order valence-corrected chi connectivity index (χ3v) is 3.09. The molecule has 0 aliphatic heterocycles. The molecule has 0 aromatic rings. The summed E-state index contributed by atoms with van der Waals surface area (Å²) in [6.07, 6.45) is 8.82. The maximum Gasteiger partial charge on any atom is 0.123 e. The van der Waals surface area contributed by atoms with Crippen LogP contribution in [0.5, 0.6) is 0 Å². The molecule has 0 aromatic carbocycles. The molecule has 0 spiro atoms. The van der Waals surface area contributed by atoms with E-state index in [9.17, 15) is 0 Å². The van der Waals surface area contributed by atoms with Crippen LogP contribution >= 0.6 is 11.6 Å². The Morgan fingerprint density at radius 3 is 2.46 bits per heavy atom. The van der Waals surface area contributed by atoms with Crippen LogP contribution in [0, 0.1) is 5.92 Å². The van der Waals surface area contributed by atoms with E-state index in [2.05, 4.69) is 11.9 Å². The van der Waals surface area contributed by atoms with Gasteiger partial charge in [0, 0.05) is 7.05 Å². The van der Waals surface area contributed by atoms with Gasteiger partial charge in [-0.15, -0.1) is 0 Å². The van der Waals surface area contributed by atoms with Crippen molar-refractivity contribution in [3.8, 4) is 0 Å². The zero-order valence-electron chi connectivity index (χ0n) is 8.52. The van der Waals surface area contributed by atoms with Crippen LogP contribution in [0.25, 0.3) is 0 Å². The Balaban J connectivity index is 2.54. The first-order valence-corrected chi connectivity index (χ1v) is 5.42. The van der Waals surface area contributed by atoms with E-state index in [1.165, 1.54) is 37.7 Å². The van der Waals surface area contributed by atoms with Gasteiger partial charge in [-0.25, -0.2) is 0 Å². The fourth-order valence-electron chi connectivity index (χ4n) is 1.93. The Labute approximate surface area is 85.9 Å². The van der Waals surface area contributed by atoms with Crippen molar-refractivity contribution in [2.75, 3.05) is 7.05 Å². The standard InChI is InChI=1S/C11H18ClN/c1-9(8-11(12)13-2)10-6-4-3-5-7-10/h8,10H,3-7H2,1-2H3/b9-8+,13-11?. The SMILES string of the molecule is CN=C(Cl)/C=C(\C)C1CCCCC1. The Morgan fingerprint density at radius 2 is 1.92 bits per heavy atom. The molecule has 1 rings (SSSR count). The first kappa shape index (κ1) is 10.8. The van der Waals surface area contributed by atoms with E-state index < -0.39 is 0 Å². The Morgan fingerprint density at radius 1 is 1.31 bits per heavy atom. The van der Waals surface area contributed by atoms with Crippen LogP contribution in [0.3, 0.4) is 0 Å². The zero-order valence-corrected chi connectivity index (χ0v) is 9.27. The first-order chi connectivity index (χ1) is 6.24. The second-order valence-corrected chi connectivity index (χ2v) is 4.16. The third-order valence-electron chi connectivity index (χ3n) is 2.81. The summed E-state index contributed by atoms with van der Waals surface area (Å²) in [5.41, 5.74) is 1.40. The Kier molecular flexibility index (Phi) is 4.51. The number of aliphatic imine (C=N–C) groups is 1. The van der Waals surface area contributed by atoms with Gasteiger partial charge in [0.15, 0.2) is 0 Å². The molecule has 1 saturated carbocycles. The molecule has 13 heavy (non-hydrogen) atoms. The van der Waals surface area contributed by atoms with Crippen LogP contribution in [0.2, 0.25) is 0 Å². The molecule has 74 valence electrons. The number of rotatable bonds is 2. The van der Waals surface area contributed by atoms with Crippen molar-refractivity contribution >= 4 is 16.8 Å². The summed E-state index contributed by atoms with van der Waals surface area (Å²) in [5, 5.41) is 0.628. The van der Waals surface area contributed by atoms with Crippen LogP contribution in [0.15, 0.2) is 16.6 Å². The largest absolute Gasteiger partial charge is 0.277 e. The summed E-state index contributed by atoms with van der Waals surface area (Å²) in [7, 11) is 1.73. The first-order valence-electron chi connectivity index (χ1n) is 5.04. The molecule has 1 fully saturated rings. The van der Waals surface area contributed by atoms with Gasteiger partial charge in [-0.1, -0.05) is 36.4 Å². The smallest absolute Gasteiger partial charge is 0.123 e. The van der Waals surface area contributed by atoms with Crippen LogP contribution in [0.4, 0.5) is 0 Å². The minimum absolute atomic E-state index is 0.628. The zero-order chi connectivity index (χ0) is 9.68. The normalized spacial score (nSPS) is 22.1. The van der Waals surface area contributed by atoms with Gasteiger partial charge in [0.25, 0.3) is 0 Å². The summed E-state index contributed by atoms with van der Waals surface area (Å²) in [4.78, 5) is 3.93. The van der Waals surface area contributed by atoms with E-state index in [0.717, 1.165) is 5.92 Å². The van der Waals surface area contributed by atoms with Gasteiger partial charge in [-0.2, -0.15) is 0 Å². The summed E-state index contributed by atoms with van der Waals surface area (Å²) >= 11 is 5.85. The minimum Gasteiger partial charge on any atom is -0.277 e. The average molecular weight is 200 g/mol. The van der Waals surface area contributed by atoms with Gasteiger partial charge in [0.2, 0.25) is 0 Å². The van der Waals surface area contributed by atoms with Gasteiger partial charge in [0.1, 0.15) is 5.17 Å². The Hall–Kier alpha value is -0.300. The van der Waals surface area contributed by atoms with Crippen molar-refractivity contribution in [2.24, 2.45) is 10.9 Å². The summed E-state index contributed by atoms with van der Waals surface area (Å²) in [5.74, 6) is 0.754. The fraction of sp³-hybridized carbons (Fsp3) is 0.727. The van der Waals surface area contributed by atoms with E-state index >= 15 is 0 Å². The van der Waals surface area contributed by atoms with E-state index in [1.807, 2.05) is 6.08 Å². The maximum atomic E-state index is 5.85. The van der Waals surface area contributed by atoms with Crippen LogP contribution < -0.4 is 0 Å². The average Bonchev–Trinajstić information content (AvgIpc) is 2.19. The van der Waals surface area contributed by atoms with Crippen molar-refractivity contribution in [3.63, 3.8) is 0 Å². The lowest BCUT2D eigenvalue weighted by Crippen LogP contribution is -2.07. The highest BCUT2D eigenvalue weighted by Gasteiger charge is 2.14. The van der Waals surface area contributed by atoms with Crippen molar-refractivity contribution in [2.45, 2.75) is 39.0 Å². The predicted octanol–water partition coefficient (Wildman–Crippen LogP) is 3.78. The molecule has 2 heteroatoms. The summed E-state index contributed by atoms with van der Waals surface area (Å²) in [6, 6.07) is 0. The molecule has 0 amide bonds. The second kappa shape index (κ2) is 5.43. The highest BCUT2D eigenvalue weighted by molar-refractivity contribution is 6.68. The van der Waals surface area contributed by atoms with Crippen molar-refractivity contribution < 1.29 is 0 Å². The van der Waals surface area contributed by atoms with Crippen molar-refractivity contribution in [1.29, 1.82) is 0 Å². The predicted molar refractivity (Wildman–Crippen MR) is 59.5 cm³/mol. The van der Waals surface area contributed by atoms with Crippen molar-refractivity contribution in [1.82, 2.24) is 0 Å². The van der Waals surface area contributed by atoms with E-state index in [0.29, 0.717) is 5.17 Å². The highest BCUT2D eigenvalue weighted by atomic mass is 35.5. The monoisotopic (exact) mass is 199 g/mol. The minimum atomic E-state index is 0.628. The maximum absolute atomic E-state index is 5.85. The van der Waals surface area contributed by atoms with Gasteiger partial charge in [0.05, 0.1) is 0 Å². The lowest BCUT2D eigenvalue weighted by molar-refractivity contribution is 0.403. The quantitative estimate of drug-likeness (QED) is 0.601. The molecule has 0 unspecified atom stereocenters. The molecule has 0 heterocycles. The van der Waals surface area contributed by atoms with Gasteiger partial charge in [-0.3, -0.25) is 4.99 Å². The number of halogens is 1. The highest BCUT2D eigenvalue weighted by Crippen LogP contribution is 2.29. The van der Waals surface area contributed by atoms with E-state index in [1.54, 1.807) is 7.05 Å². The van der Waals surface area contributed by atoms with Crippen LogP contribution in [0.1, 0.15) is 39.0 Å². The molecule has 1 nitrogen and oxygen atoms in total. The van der Waals surface area contributed by atoms with Crippen molar-refractivity contribution in [3.05, 3.63) is 11.6 Å². The van der Waals surface area contributed by atoms with Crippen LogP contribution in [-0.2, 0) is 0 Å². The number of hydrogen-bond donors (Lipinski definition) is 0. The number of nitrogens with zero attached hydrogens (tertiary/aromatic N) is 1. The van der Waals surface area contributed by atoms with E-state index in [-0.39, 0.29) is 0 Å². The van der Waals surface area contributed by atoms with Gasteiger partial charge in [-0.05, 0) is 31.8 Å². The number of allylic oxidation sites excluding steroid dienone is 2. The van der Waals surface area contributed by atoms with Crippen LogP contribution in [-0.4, -0.2) is 12.2 Å². The molecule has 0 bridgehead atoms. The summed E-state index contributed by atoms with van der Waals surface area (Å²) < 4.78 is 0. The second-order valence-electron chi connectivity index (χ2n) is 3.77. The number of hydrogen-bond acceptors (Lipinski definition) is 1. The lowest BCUT2D eigenvalue weighted by Gasteiger charge is -2.22.